The second-order valence-corrected chi connectivity index (χ2v) is 8.80. The number of benzene rings is 1. The fourth-order valence-electron chi connectivity index (χ4n) is 4.54. The molecule has 0 saturated carbocycles. The van der Waals surface area contributed by atoms with Crippen LogP contribution in [0.25, 0.3) is 6.20 Å². The van der Waals surface area contributed by atoms with E-state index in [9.17, 15) is 9.90 Å². The molecule has 0 bridgehead atoms. The molecule has 1 fully saturated rings. The predicted molar refractivity (Wildman–Crippen MR) is 120 cm³/mol. The molecular formula is C24H30N4O3. The monoisotopic (exact) mass is 422 g/mol. The maximum Gasteiger partial charge on any atom is 0.309 e. The summed E-state index contributed by atoms with van der Waals surface area (Å²) in [5.41, 5.74) is 4.51. The van der Waals surface area contributed by atoms with Crippen molar-refractivity contribution in [2.45, 2.75) is 52.2 Å². The molecule has 31 heavy (non-hydrogen) atoms. The third-order valence-corrected chi connectivity index (χ3v) is 6.60. The molecule has 7 nitrogen and oxygen atoms in total. The summed E-state index contributed by atoms with van der Waals surface area (Å²) in [6.07, 6.45) is 5.83. The van der Waals surface area contributed by atoms with Crippen LogP contribution in [0.15, 0.2) is 42.2 Å². The standard InChI is InChI=1S/C24H30N4O3/c1-4-28-16-20(18(3)25-28)15-27-11-9-24(10-12-27,23(29)30)14-21-13-22(26-31-21)19-7-5-17(2)6-8-19/h4-8,16,21H,1,9-15H2,2-3H3,(H,29,30). The van der Waals surface area contributed by atoms with Gasteiger partial charge in [0.1, 0.15) is 6.10 Å². The van der Waals surface area contributed by atoms with Crippen LogP contribution in [-0.2, 0) is 16.2 Å². The van der Waals surface area contributed by atoms with Gasteiger partial charge in [0.2, 0.25) is 0 Å². The van der Waals surface area contributed by atoms with Crippen LogP contribution in [0, 0.1) is 19.3 Å². The van der Waals surface area contributed by atoms with Crippen molar-refractivity contribution < 1.29 is 14.7 Å². The lowest BCUT2D eigenvalue weighted by atomic mass is 9.73. The van der Waals surface area contributed by atoms with Crippen molar-refractivity contribution in [2.75, 3.05) is 13.1 Å². The predicted octanol–water partition coefficient (Wildman–Crippen LogP) is 3.85. The van der Waals surface area contributed by atoms with Crippen LogP contribution in [-0.4, -0.2) is 50.7 Å². The Labute approximate surface area is 183 Å². The van der Waals surface area contributed by atoms with Gasteiger partial charge in [-0.3, -0.25) is 9.69 Å². The number of aliphatic carboxylic acids is 1. The molecule has 2 aliphatic heterocycles. The van der Waals surface area contributed by atoms with Gasteiger partial charge in [-0.15, -0.1) is 0 Å². The van der Waals surface area contributed by atoms with Crippen LogP contribution in [0.2, 0.25) is 0 Å². The number of piperidine rings is 1. The molecule has 1 saturated heterocycles. The highest BCUT2D eigenvalue weighted by atomic mass is 16.6. The lowest BCUT2D eigenvalue weighted by Crippen LogP contribution is -2.45. The minimum absolute atomic E-state index is 0.188. The van der Waals surface area contributed by atoms with Crippen LogP contribution in [0.1, 0.15) is 48.1 Å². The molecule has 0 radical (unpaired) electrons. The maximum absolute atomic E-state index is 12.3. The molecule has 2 aliphatic rings. The highest BCUT2D eigenvalue weighted by Crippen LogP contribution is 2.39. The van der Waals surface area contributed by atoms with Gasteiger partial charge in [0.05, 0.1) is 16.8 Å². The second kappa shape index (κ2) is 8.67. The molecular weight excluding hydrogens is 392 g/mol. The zero-order chi connectivity index (χ0) is 22.0. The zero-order valence-electron chi connectivity index (χ0n) is 18.3. The highest BCUT2D eigenvalue weighted by Gasteiger charge is 2.45. The Morgan fingerprint density at radius 2 is 2.00 bits per heavy atom. The summed E-state index contributed by atoms with van der Waals surface area (Å²) in [5, 5.41) is 18.7. The van der Waals surface area contributed by atoms with Crippen molar-refractivity contribution in [3.8, 4) is 0 Å². The van der Waals surface area contributed by atoms with Crippen molar-refractivity contribution in [1.82, 2.24) is 14.7 Å². The Bertz CT molecular complexity index is 985. The van der Waals surface area contributed by atoms with Crippen LogP contribution in [0.4, 0.5) is 0 Å². The fraction of sp³-hybridized carbons (Fsp3) is 0.458. The molecule has 3 heterocycles. The SMILES string of the molecule is C=Cn1cc(CN2CCC(CC3CC(c4ccc(C)cc4)=NO3)(C(=O)O)CC2)c(C)n1. The van der Waals surface area contributed by atoms with E-state index in [-0.39, 0.29) is 6.10 Å². The second-order valence-electron chi connectivity index (χ2n) is 8.80. The van der Waals surface area contributed by atoms with Crippen molar-refractivity contribution in [3.05, 3.63) is 59.4 Å². The molecule has 4 rings (SSSR count). The number of hydrogen-bond acceptors (Lipinski definition) is 5. The first kappa shape index (κ1) is 21.3. The largest absolute Gasteiger partial charge is 0.481 e. The number of nitrogens with zero attached hydrogens (tertiary/aromatic N) is 4. The van der Waals surface area contributed by atoms with Gasteiger partial charge in [0.25, 0.3) is 0 Å². The van der Waals surface area contributed by atoms with Gasteiger partial charge >= 0.3 is 5.97 Å². The molecule has 164 valence electrons. The summed E-state index contributed by atoms with van der Waals surface area (Å²) in [7, 11) is 0. The van der Waals surface area contributed by atoms with Gasteiger partial charge < -0.3 is 9.94 Å². The van der Waals surface area contributed by atoms with Crippen LogP contribution in [0.3, 0.4) is 0 Å². The van der Waals surface area contributed by atoms with Gasteiger partial charge in [0, 0.05) is 37.3 Å². The average Bonchev–Trinajstić information content (AvgIpc) is 3.36. The van der Waals surface area contributed by atoms with Crippen molar-refractivity contribution in [3.63, 3.8) is 0 Å². The molecule has 0 aliphatic carbocycles. The fourth-order valence-corrected chi connectivity index (χ4v) is 4.54. The molecule has 1 aromatic carbocycles. The maximum atomic E-state index is 12.3. The van der Waals surface area contributed by atoms with E-state index >= 15 is 0 Å². The molecule has 1 aromatic heterocycles. The minimum Gasteiger partial charge on any atom is -0.481 e. The van der Waals surface area contributed by atoms with E-state index in [1.54, 1.807) is 10.9 Å². The van der Waals surface area contributed by atoms with E-state index in [0.717, 1.165) is 42.2 Å². The number of carboxylic acids is 1. The topological polar surface area (TPSA) is 80.0 Å². The van der Waals surface area contributed by atoms with Crippen LogP contribution in [0.5, 0.6) is 0 Å². The van der Waals surface area contributed by atoms with Gasteiger partial charge in [-0.2, -0.15) is 5.10 Å². The first-order valence-corrected chi connectivity index (χ1v) is 10.8. The first-order valence-electron chi connectivity index (χ1n) is 10.8. The Balaban J connectivity index is 1.36. The quantitative estimate of drug-likeness (QED) is 0.733. The number of likely N-dealkylation sites (tertiary alicyclic amines) is 1. The van der Waals surface area contributed by atoms with E-state index in [2.05, 4.69) is 40.8 Å². The van der Waals surface area contributed by atoms with Gasteiger partial charge in [-0.1, -0.05) is 41.6 Å². The number of rotatable bonds is 7. The summed E-state index contributed by atoms with van der Waals surface area (Å²) in [6, 6.07) is 8.20. The molecule has 0 amide bonds. The van der Waals surface area contributed by atoms with E-state index < -0.39 is 11.4 Å². The average molecular weight is 423 g/mol. The highest BCUT2D eigenvalue weighted by molar-refractivity contribution is 6.01. The summed E-state index contributed by atoms with van der Waals surface area (Å²) >= 11 is 0. The van der Waals surface area contributed by atoms with E-state index in [1.165, 1.54) is 5.56 Å². The van der Waals surface area contributed by atoms with Gasteiger partial charge in [-0.25, -0.2) is 4.68 Å². The van der Waals surface area contributed by atoms with Crippen molar-refractivity contribution in [2.24, 2.45) is 10.6 Å². The summed E-state index contributed by atoms with van der Waals surface area (Å²) in [4.78, 5) is 20.3. The third-order valence-electron chi connectivity index (χ3n) is 6.60. The normalized spacial score (nSPS) is 20.8. The van der Waals surface area contributed by atoms with Gasteiger partial charge in [0.15, 0.2) is 0 Å². The van der Waals surface area contributed by atoms with E-state index in [1.807, 2.05) is 25.3 Å². The van der Waals surface area contributed by atoms with Crippen LogP contribution < -0.4 is 0 Å². The summed E-state index contributed by atoms with van der Waals surface area (Å²) in [5.74, 6) is -0.727. The van der Waals surface area contributed by atoms with Crippen molar-refractivity contribution in [1.29, 1.82) is 0 Å². The number of carbonyl (C=O) groups is 1. The Hall–Kier alpha value is -2.93. The van der Waals surface area contributed by atoms with Crippen molar-refractivity contribution >= 4 is 17.9 Å². The Morgan fingerprint density at radius 3 is 2.61 bits per heavy atom. The molecule has 2 aromatic rings. The first-order chi connectivity index (χ1) is 14.9. The number of hydrogen-bond donors (Lipinski definition) is 1. The third kappa shape index (κ3) is 4.56. The van der Waals surface area contributed by atoms with Crippen LogP contribution >= 0.6 is 0 Å². The lowest BCUT2D eigenvalue weighted by Gasteiger charge is -2.39. The summed E-state index contributed by atoms with van der Waals surface area (Å²) < 4.78 is 1.72. The molecule has 1 N–H and O–H groups in total. The lowest BCUT2D eigenvalue weighted by molar-refractivity contribution is -0.155. The van der Waals surface area contributed by atoms with E-state index in [0.29, 0.717) is 25.7 Å². The molecule has 0 spiro atoms. The summed E-state index contributed by atoms with van der Waals surface area (Å²) in [6.45, 7) is 10.0. The molecule has 1 unspecified atom stereocenters. The molecule has 1 atom stereocenters. The Morgan fingerprint density at radius 1 is 1.29 bits per heavy atom. The number of aromatic nitrogens is 2. The number of aryl methyl sites for hydroxylation is 2. The molecule has 7 heteroatoms. The smallest absolute Gasteiger partial charge is 0.309 e. The Kier molecular flexibility index (Phi) is 5.96. The van der Waals surface area contributed by atoms with E-state index in [4.69, 9.17) is 4.84 Å². The zero-order valence-corrected chi connectivity index (χ0v) is 18.3. The number of oxime groups is 1. The number of carboxylic acid groups (broad SMARTS) is 1. The minimum atomic E-state index is -0.764. The van der Waals surface area contributed by atoms with Gasteiger partial charge in [-0.05, 0) is 45.3 Å².